The molecule has 1 amide bonds. The molecule has 4 aromatic rings. The SMILES string of the molecule is O=C(CCc1nc2ccccc2[nH]1)NCc1nnnn1-c1ccccc1. The summed E-state index contributed by atoms with van der Waals surface area (Å²) in [5.41, 5.74) is 2.74. The first-order chi connectivity index (χ1) is 12.8. The van der Waals surface area contributed by atoms with Gasteiger partial charge in [0, 0.05) is 12.8 Å². The molecule has 0 fully saturated rings. The van der Waals surface area contributed by atoms with E-state index in [0.29, 0.717) is 18.7 Å². The number of amides is 1. The molecule has 4 rings (SSSR count). The van der Waals surface area contributed by atoms with E-state index in [1.165, 1.54) is 0 Å². The zero-order chi connectivity index (χ0) is 17.8. The summed E-state index contributed by atoms with van der Waals surface area (Å²) in [6, 6.07) is 17.4. The summed E-state index contributed by atoms with van der Waals surface area (Å²) in [6.45, 7) is 0.265. The van der Waals surface area contributed by atoms with Gasteiger partial charge in [0.2, 0.25) is 5.91 Å². The van der Waals surface area contributed by atoms with Crippen LogP contribution in [0, 0.1) is 0 Å². The van der Waals surface area contributed by atoms with Crippen LogP contribution in [0.2, 0.25) is 0 Å². The van der Waals surface area contributed by atoms with Crippen molar-refractivity contribution in [2.24, 2.45) is 0 Å². The number of nitrogens with zero attached hydrogens (tertiary/aromatic N) is 5. The molecule has 0 saturated carbocycles. The highest BCUT2D eigenvalue weighted by Gasteiger charge is 2.10. The molecule has 0 atom stereocenters. The number of fused-ring (bicyclic) bond motifs is 1. The molecule has 2 aromatic heterocycles. The molecule has 0 spiro atoms. The van der Waals surface area contributed by atoms with E-state index in [-0.39, 0.29) is 12.5 Å². The van der Waals surface area contributed by atoms with Crippen LogP contribution >= 0.6 is 0 Å². The first-order valence-corrected chi connectivity index (χ1v) is 8.32. The van der Waals surface area contributed by atoms with Crippen LogP contribution < -0.4 is 5.32 Å². The number of benzene rings is 2. The lowest BCUT2D eigenvalue weighted by Gasteiger charge is -2.06. The molecule has 2 aromatic carbocycles. The van der Waals surface area contributed by atoms with Crippen molar-refractivity contribution in [2.45, 2.75) is 19.4 Å². The fraction of sp³-hybridized carbons (Fsp3) is 0.167. The third kappa shape index (κ3) is 3.44. The highest BCUT2D eigenvalue weighted by Crippen LogP contribution is 2.11. The number of para-hydroxylation sites is 3. The van der Waals surface area contributed by atoms with Crippen molar-refractivity contribution in [1.82, 2.24) is 35.5 Å². The van der Waals surface area contributed by atoms with Crippen molar-refractivity contribution < 1.29 is 4.79 Å². The fourth-order valence-electron chi connectivity index (χ4n) is 2.71. The molecule has 0 radical (unpaired) electrons. The minimum Gasteiger partial charge on any atom is -0.349 e. The normalized spacial score (nSPS) is 10.9. The lowest BCUT2D eigenvalue weighted by molar-refractivity contribution is -0.121. The second kappa shape index (κ2) is 7.14. The highest BCUT2D eigenvalue weighted by molar-refractivity contribution is 5.77. The van der Waals surface area contributed by atoms with E-state index in [1.807, 2.05) is 54.6 Å². The number of nitrogens with one attached hydrogen (secondary N) is 2. The van der Waals surface area contributed by atoms with Gasteiger partial charge in [-0.1, -0.05) is 30.3 Å². The Balaban J connectivity index is 1.34. The Morgan fingerprint density at radius 2 is 1.88 bits per heavy atom. The average Bonchev–Trinajstić information content (AvgIpc) is 3.31. The average molecular weight is 347 g/mol. The molecular weight excluding hydrogens is 330 g/mol. The lowest BCUT2D eigenvalue weighted by atomic mass is 10.3. The van der Waals surface area contributed by atoms with Crippen LogP contribution in [-0.2, 0) is 17.8 Å². The molecule has 0 saturated heterocycles. The Hall–Kier alpha value is -3.55. The van der Waals surface area contributed by atoms with Crippen molar-refractivity contribution in [3.05, 3.63) is 66.2 Å². The molecule has 0 bridgehead atoms. The maximum absolute atomic E-state index is 12.1. The highest BCUT2D eigenvalue weighted by atomic mass is 16.1. The van der Waals surface area contributed by atoms with Gasteiger partial charge in [-0.25, -0.2) is 4.98 Å². The van der Waals surface area contributed by atoms with Gasteiger partial charge in [-0.05, 0) is 34.7 Å². The summed E-state index contributed by atoms with van der Waals surface area (Å²) >= 11 is 0. The molecular formula is C18H17N7O. The molecule has 0 aliphatic heterocycles. The summed E-state index contributed by atoms with van der Waals surface area (Å²) < 4.78 is 1.61. The first kappa shape index (κ1) is 15.9. The van der Waals surface area contributed by atoms with Gasteiger partial charge in [0.15, 0.2) is 5.82 Å². The minimum absolute atomic E-state index is 0.0759. The summed E-state index contributed by atoms with van der Waals surface area (Å²) in [6.07, 6.45) is 0.886. The van der Waals surface area contributed by atoms with Crippen LogP contribution in [0.25, 0.3) is 16.7 Å². The summed E-state index contributed by atoms with van der Waals surface area (Å²) in [4.78, 5) is 19.8. The van der Waals surface area contributed by atoms with E-state index in [1.54, 1.807) is 4.68 Å². The van der Waals surface area contributed by atoms with Crippen LogP contribution in [0.3, 0.4) is 0 Å². The number of tetrazole rings is 1. The van der Waals surface area contributed by atoms with Gasteiger partial charge in [-0.3, -0.25) is 4.79 Å². The predicted octanol–water partition coefficient (Wildman–Crippen LogP) is 1.79. The van der Waals surface area contributed by atoms with Crippen molar-refractivity contribution in [3.63, 3.8) is 0 Å². The Morgan fingerprint density at radius 1 is 1.08 bits per heavy atom. The smallest absolute Gasteiger partial charge is 0.220 e. The molecule has 26 heavy (non-hydrogen) atoms. The first-order valence-electron chi connectivity index (χ1n) is 8.32. The van der Waals surface area contributed by atoms with E-state index >= 15 is 0 Å². The van der Waals surface area contributed by atoms with Crippen molar-refractivity contribution in [2.75, 3.05) is 0 Å². The zero-order valence-electron chi connectivity index (χ0n) is 14.0. The Bertz CT molecular complexity index is 989. The molecule has 0 unspecified atom stereocenters. The number of hydrogen-bond acceptors (Lipinski definition) is 5. The number of aryl methyl sites for hydroxylation is 1. The number of hydrogen-bond donors (Lipinski definition) is 2. The number of H-pyrrole nitrogens is 1. The Kier molecular flexibility index (Phi) is 4.38. The topological polar surface area (TPSA) is 101 Å². The standard InChI is InChI=1S/C18H17N7O/c26-18(11-10-16-20-14-8-4-5-9-15(14)21-16)19-12-17-22-23-24-25(17)13-6-2-1-3-7-13/h1-9H,10-12H2,(H,19,26)(H,20,21). The van der Waals surface area contributed by atoms with Crippen LogP contribution in [-0.4, -0.2) is 36.1 Å². The molecule has 8 nitrogen and oxygen atoms in total. The van der Waals surface area contributed by atoms with E-state index < -0.39 is 0 Å². The van der Waals surface area contributed by atoms with Gasteiger partial charge >= 0.3 is 0 Å². The maximum atomic E-state index is 12.1. The summed E-state index contributed by atoms with van der Waals surface area (Å²) in [5, 5.41) is 14.5. The Labute approximate surface area is 149 Å². The molecule has 0 aliphatic rings. The summed E-state index contributed by atoms with van der Waals surface area (Å²) in [5.74, 6) is 1.30. The molecule has 0 aliphatic carbocycles. The van der Waals surface area contributed by atoms with Crippen molar-refractivity contribution >= 4 is 16.9 Å². The summed E-state index contributed by atoms with van der Waals surface area (Å²) in [7, 11) is 0. The number of carbonyl (C=O) groups is 1. The van der Waals surface area contributed by atoms with E-state index in [0.717, 1.165) is 22.5 Å². The van der Waals surface area contributed by atoms with E-state index in [2.05, 4.69) is 30.8 Å². The number of imidazole rings is 1. The molecule has 8 heteroatoms. The van der Waals surface area contributed by atoms with Gasteiger partial charge in [0.05, 0.1) is 23.3 Å². The van der Waals surface area contributed by atoms with Crippen LogP contribution in [0.4, 0.5) is 0 Å². The van der Waals surface area contributed by atoms with Crippen LogP contribution in [0.5, 0.6) is 0 Å². The van der Waals surface area contributed by atoms with Gasteiger partial charge in [0.1, 0.15) is 5.82 Å². The number of carbonyl (C=O) groups excluding carboxylic acids is 1. The second-order valence-electron chi connectivity index (χ2n) is 5.82. The fourth-order valence-corrected chi connectivity index (χ4v) is 2.71. The van der Waals surface area contributed by atoms with Gasteiger partial charge in [-0.2, -0.15) is 4.68 Å². The quantitative estimate of drug-likeness (QED) is 0.554. The third-order valence-corrected chi connectivity index (χ3v) is 4.01. The molecule has 130 valence electrons. The monoisotopic (exact) mass is 347 g/mol. The molecule has 2 N–H and O–H groups in total. The maximum Gasteiger partial charge on any atom is 0.220 e. The zero-order valence-corrected chi connectivity index (χ0v) is 14.0. The minimum atomic E-state index is -0.0759. The number of rotatable bonds is 6. The van der Waals surface area contributed by atoms with E-state index in [4.69, 9.17) is 0 Å². The van der Waals surface area contributed by atoms with Crippen LogP contribution in [0.15, 0.2) is 54.6 Å². The second-order valence-corrected chi connectivity index (χ2v) is 5.82. The number of aromatic amines is 1. The van der Waals surface area contributed by atoms with Crippen molar-refractivity contribution in [3.8, 4) is 5.69 Å². The van der Waals surface area contributed by atoms with Crippen molar-refractivity contribution in [1.29, 1.82) is 0 Å². The van der Waals surface area contributed by atoms with Gasteiger partial charge < -0.3 is 10.3 Å². The number of aromatic nitrogens is 6. The molecule has 2 heterocycles. The Morgan fingerprint density at radius 3 is 2.73 bits per heavy atom. The lowest BCUT2D eigenvalue weighted by Crippen LogP contribution is -2.25. The predicted molar refractivity (Wildman–Crippen MR) is 95.4 cm³/mol. The van der Waals surface area contributed by atoms with E-state index in [9.17, 15) is 4.79 Å². The van der Waals surface area contributed by atoms with Gasteiger partial charge in [-0.15, -0.1) is 5.10 Å². The van der Waals surface area contributed by atoms with Gasteiger partial charge in [0.25, 0.3) is 0 Å². The largest absolute Gasteiger partial charge is 0.349 e. The third-order valence-electron chi connectivity index (χ3n) is 4.01. The van der Waals surface area contributed by atoms with Crippen LogP contribution in [0.1, 0.15) is 18.1 Å².